The Morgan fingerprint density at radius 3 is 2.67 bits per heavy atom. The molecule has 0 spiro atoms. The molecule has 0 aliphatic carbocycles. The van der Waals surface area contributed by atoms with E-state index in [1.165, 1.54) is 4.90 Å². The number of ether oxygens (including phenoxy) is 1. The van der Waals surface area contributed by atoms with Crippen LogP contribution in [0.2, 0.25) is 5.02 Å². The highest BCUT2D eigenvalue weighted by Gasteiger charge is 2.39. The maximum Gasteiger partial charge on any atom is 0.255 e. The van der Waals surface area contributed by atoms with Crippen LogP contribution in [0.3, 0.4) is 0 Å². The van der Waals surface area contributed by atoms with E-state index < -0.39 is 11.9 Å². The predicted octanol–water partition coefficient (Wildman–Crippen LogP) is 1.86. The molecular weight excluding hydrogens is 484 g/mol. The van der Waals surface area contributed by atoms with Crippen molar-refractivity contribution in [2.45, 2.75) is 38.5 Å². The standard InChI is InChI=1S/C26H27ClN4O5/c27-21-12-17(2-3-18(21)14-30-7-9-36-10-8-30)24(33)28-13-16-1-4-20-19(11-16)15-31(26(20)35)22-5-6-23(32)29-25(22)34/h1-4,11-12,22H,5-10,13-15H2,(H,28,33)(H,29,32,34). The van der Waals surface area contributed by atoms with Crippen LogP contribution < -0.4 is 10.6 Å². The monoisotopic (exact) mass is 510 g/mol. The van der Waals surface area contributed by atoms with Gasteiger partial charge in [-0.25, -0.2) is 0 Å². The Hall–Kier alpha value is -3.27. The Labute approximate surface area is 213 Å². The molecule has 3 aliphatic rings. The van der Waals surface area contributed by atoms with E-state index in [4.69, 9.17) is 16.3 Å². The summed E-state index contributed by atoms with van der Waals surface area (Å²) in [5.74, 6) is -1.21. The van der Waals surface area contributed by atoms with Crippen LogP contribution in [0.1, 0.15) is 50.2 Å². The zero-order chi connectivity index (χ0) is 25.2. The zero-order valence-corrected chi connectivity index (χ0v) is 20.5. The molecule has 3 heterocycles. The van der Waals surface area contributed by atoms with Crippen LogP contribution >= 0.6 is 11.6 Å². The summed E-state index contributed by atoms with van der Waals surface area (Å²) >= 11 is 6.46. The van der Waals surface area contributed by atoms with Crippen LogP contribution in [-0.4, -0.2) is 65.8 Å². The Bertz CT molecular complexity index is 1230. The van der Waals surface area contributed by atoms with Crippen molar-refractivity contribution < 1.29 is 23.9 Å². The summed E-state index contributed by atoms with van der Waals surface area (Å²) in [6.07, 6.45) is 0.535. The lowest BCUT2D eigenvalue weighted by Crippen LogP contribution is -2.52. The second-order valence-corrected chi connectivity index (χ2v) is 9.68. The van der Waals surface area contributed by atoms with Gasteiger partial charge in [-0.05, 0) is 41.3 Å². The summed E-state index contributed by atoms with van der Waals surface area (Å²) in [5.41, 5.74) is 3.63. The van der Waals surface area contributed by atoms with E-state index in [0.717, 1.165) is 29.8 Å². The summed E-state index contributed by atoms with van der Waals surface area (Å²) in [7, 11) is 0. The summed E-state index contributed by atoms with van der Waals surface area (Å²) in [4.78, 5) is 53.0. The van der Waals surface area contributed by atoms with Crippen LogP contribution in [0, 0.1) is 0 Å². The average molecular weight is 511 g/mol. The molecule has 4 amide bonds. The lowest BCUT2D eigenvalue weighted by atomic mass is 10.0. The first kappa shape index (κ1) is 24.4. The highest BCUT2D eigenvalue weighted by atomic mass is 35.5. The summed E-state index contributed by atoms with van der Waals surface area (Å²) in [6.45, 7) is 4.43. The molecular formula is C26H27ClN4O5. The number of fused-ring (bicyclic) bond motifs is 1. The maximum atomic E-state index is 12.8. The van der Waals surface area contributed by atoms with Crippen molar-refractivity contribution in [2.75, 3.05) is 26.3 Å². The smallest absolute Gasteiger partial charge is 0.255 e. The quantitative estimate of drug-likeness (QED) is 0.574. The number of halogens is 1. The number of carbonyl (C=O) groups excluding carboxylic acids is 4. The molecule has 0 bridgehead atoms. The molecule has 9 nitrogen and oxygen atoms in total. The van der Waals surface area contributed by atoms with Gasteiger partial charge in [-0.1, -0.05) is 29.8 Å². The van der Waals surface area contributed by atoms with Crippen molar-refractivity contribution in [2.24, 2.45) is 0 Å². The normalized spacial score (nSPS) is 20.3. The third-order valence-corrected chi connectivity index (χ3v) is 7.21. The second kappa shape index (κ2) is 10.4. The maximum absolute atomic E-state index is 12.8. The molecule has 188 valence electrons. The molecule has 0 radical (unpaired) electrons. The van der Waals surface area contributed by atoms with Gasteiger partial charge in [0, 0.05) is 55.3 Å². The van der Waals surface area contributed by atoms with Crippen molar-refractivity contribution in [3.05, 3.63) is 69.2 Å². The summed E-state index contributed by atoms with van der Waals surface area (Å²) in [5, 5.41) is 5.77. The molecule has 3 aliphatic heterocycles. The van der Waals surface area contributed by atoms with Crippen LogP contribution in [-0.2, 0) is 34.0 Å². The molecule has 2 saturated heterocycles. The highest BCUT2D eigenvalue weighted by molar-refractivity contribution is 6.31. The zero-order valence-electron chi connectivity index (χ0n) is 19.7. The van der Waals surface area contributed by atoms with Crippen molar-refractivity contribution >= 4 is 35.2 Å². The Morgan fingerprint density at radius 1 is 1.11 bits per heavy atom. The summed E-state index contributed by atoms with van der Waals surface area (Å²) in [6, 6.07) is 10.1. The van der Waals surface area contributed by atoms with Gasteiger partial charge >= 0.3 is 0 Å². The molecule has 5 rings (SSSR count). The first-order valence-corrected chi connectivity index (χ1v) is 12.4. The van der Waals surface area contributed by atoms with Gasteiger partial charge in [-0.15, -0.1) is 0 Å². The Balaban J connectivity index is 1.19. The number of rotatable bonds is 6. The third kappa shape index (κ3) is 5.13. The average Bonchev–Trinajstić information content (AvgIpc) is 3.19. The minimum absolute atomic E-state index is 0.214. The fourth-order valence-electron chi connectivity index (χ4n) is 4.84. The molecule has 2 N–H and O–H groups in total. The van der Waals surface area contributed by atoms with Gasteiger partial charge in [0.2, 0.25) is 11.8 Å². The first-order valence-electron chi connectivity index (χ1n) is 12.0. The Kier molecular flexibility index (Phi) is 7.04. The number of carbonyl (C=O) groups is 4. The van der Waals surface area contributed by atoms with Gasteiger partial charge in [-0.2, -0.15) is 0 Å². The van der Waals surface area contributed by atoms with Crippen LogP contribution in [0.4, 0.5) is 0 Å². The van der Waals surface area contributed by atoms with Crippen LogP contribution in [0.25, 0.3) is 0 Å². The predicted molar refractivity (Wildman–Crippen MR) is 131 cm³/mol. The SMILES string of the molecule is O=C1CCC(N2Cc3cc(CNC(=O)c4ccc(CN5CCOCC5)c(Cl)c4)ccc3C2=O)C(=O)N1. The number of piperidine rings is 1. The minimum Gasteiger partial charge on any atom is -0.379 e. The molecule has 1 unspecified atom stereocenters. The van der Waals surface area contributed by atoms with Crippen LogP contribution in [0.15, 0.2) is 36.4 Å². The topological polar surface area (TPSA) is 108 Å². The molecule has 2 aromatic rings. The van der Waals surface area contributed by atoms with Gasteiger partial charge in [0.15, 0.2) is 0 Å². The van der Waals surface area contributed by atoms with Gasteiger partial charge in [0.25, 0.3) is 11.8 Å². The van der Waals surface area contributed by atoms with E-state index in [-0.39, 0.29) is 30.7 Å². The van der Waals surface area contributed by atoms with E-state index >= 15 is 0 Å². The van der Waals surface area contributed by atoms with E-state index in [2.05, 4.69) is 15.5 Å². The fraction of sp³-hybridized carbons (Fsp3) is 0.385. The van der Waals surface area contributed by atoms with Crippen molar-refractivity contribution in [1.29, 1.82) is 0 Å². The largest absolute Gasteiger partial charge is 0.379 e. The Morgan fingerprint density at radius 2 is 1.92 bits per heavy atom. The van der Waals surface area contributed by atoms with Crippen molar-refractivity contribution in [1.82, 2.24) is 20.4 Å². The molecule has 0 aromatic heterocycles. The number of amides is 4. The number of hydrogen-bond donors (Lipinski definition) is 2. The lowest BCUT2D eigenvalue weighted by Gasteiger charge is -2.29. The van der Waals surface area contributed by atoms with Crippen molar-refractivity contribution in [3.63, 3.8) is 0 Å². The fourth-order valence-corrected chi connectivity index (χ4v) is 5.08. The number of nitrogens with one attached hydrogen (secondary N) is 2. The number of hydrogen-bond acceptors (Lipinski definition) is 6. The number of imide groups is 1. The van der Waals surface area contributed by atoms with E-state index in [9.17, 15) is 19.2 Å². The number of benzene rings is 2. The molecule has 10 heteroatoms. The van der Waals surface area contributed by atoms with Gasteiger partial charge in [0.05, 0.1) is 13.2 Å². The van der Waals surface area contributed by atoms with Gasteiger partial charge < -0.3 is 15.0 Å². The molecule has 2 fully saturated rings. The van der Waals surface area contributed by atoms with Crippen molar-refractivity contribution in [3.8, 4) is 0 Å². The van der Waals surface area contributed by atoms with Gasteiger partial charge in [-0.3, -0.25) is 29.4 Å². The third-order valence-electron chi connectivity index (χ3n) is 6.85. The molecule has 36 heavy (non-hydrogen) atoms. The first-order chi connectivity index (χ1) is 17.4. The molecule has 0 saturated carbocycles. The van der Waals surface area contributed by atoms with E-state index in [1.807, 2.05) is 12.1 Å². The lowest BCUT2D eigenvalue weighted by molar-refractivity contribution is -0.136. The molecule has 2 aromatic carbocycles. The van der Waals surface area contributed by atoms with E-state index in [1.54, 1.807) is 24.3 Å². The van der Waals surface area contributed by atoms with E-state index in [0.29, 0.717) is 48.9 Å². The molecule has 1 atom stereocenters. The second-order valence-electron chi connectivity index (χ2n) is 9.27. The number of nitrogens with zero attached hydrogens (tertiary/aromatic N) is 2. The van der Waals surface area contributed by atoms with Gasteiger partial charge in [0.1, 0.15) is 6.04 Å². The minimum atomic E-state index is -0.651. The van der Waals surface area contributed by atoms with Crippen LogP contribution in [0.5, 0.6) is 0 Å². The summed E-state index contributed by atoms with van der Waals surface area (Å²) < 4.78 is 5.38. The number of morpholine rings is 1. The highest BCUT2D eigenvalue weighted by Crippen LogP contribution is 2.28.